The molecule has 2 aromatic rings. The van der Waals surface area contributed by atoms with Crippen LogP contribution >= 0.6 is 33.9 Å². The Morgan fingerprint density at radius 1 is 1.37 bits per heavy atom. The van der Waals surface area contributed by atoms with Gasteiger partial charge < -0.3 is 5.73 Å². The lowest BCUT2D eigenvalue weighted by molar-refractivity contribution is 0.250. The zero-order chi connectivity index (χ0) is 13.2. The number of hydrogen-bond donors (Lipinski definition) is 1. The van der Waals surface area contributed by atoms with E-state index in [9.17, 15) is 0 Å². The first-order valence-corrected chi connectivity index (χ1v) is 8.31. The van der Waals surface area contributed by atoms with E-state index < -0.39 is 0 Å². The fraction of sp³-hybridized carbons (Fsp3) is 0.357. The van der Waals surface area contributed by atoms with E-state index in [-0.39, 0.29) is 0 Å². The van der Waals surface area contributed by atoms with Crippen molar-refractivity contribution in [1.29, 1.82) is 0 Å². The quantitative estimate of drug-likeness (QED) is 0.820. The average Bonchev–Trinajstić information content (AvgIpc) is 3.00. The van der Waals surface area contributed by atoms with Crippen molar-refractivity contribution in [2.75, 3.05) is 12.3 Å². The van der Waals surface area contributed by atoms with Gasteiger partial charge in [0.15, 0.2) is 5.13 Å². The van der Waals surface area contributed by atoms with Crippen LogP contribution in [0.4, 0.5) is 5.13 Å². The number of nitrogens with zero attached hydrogens (tertiary/aromatic N) is 2. The van der Waals surface area contributed by atoms with Crippen molar-refractivity contribution >= 4 is 39.1 Å². The Morgan fingerprint density at radius 2 is 2.16 bits per heavy atom. The monoisotopic (exact) mass is 385 g/mol. The van der Waals surface area contributed by atoms with Gasteiger partial charge in [-0.15, -0.1) is 11.3 Å². The highest BCUT2D eigenvalue weighted by Crippen LogP contribution is 2.34. The summed E-state index contributed by atoms with van der Waals surface area (Å²) in [5, 5.41) is 0.667. The van der Waals surface area contributed by atoms with E-state index in [4.69, 9.17) is 5.73 Å². The summed E-state index contributed by atoms with van der Waals surface area (Å²) in [7, 11) is 0. The number of rotatable bonds is 3. The molecular formula is C14H16IN3S. The molecule has 1 atom stereocenters. The normalized spacial score (nSPS) is 19.9. The first kappa shape index (κ1) is 13.3. The number of halogens is 1. The molecule has 1 unspecified atom stereocenters. The van der Waals surface area contributed by atoms with Gasteiger partial charge in [-0.2, -0.15) is 0 Å². The summed E-state index contributed by atoms with van der Waals surface area (Å²) in [6.45, 7) is 2.12. The van der Waals surface area contributed by atoms with Crippen LogP contribution < -0.4 is 5.73 Å². The van der Waals surface area contributed by atoms with Crippen molar-refractivity contribution in [1.82, 2.24) is 9.88 Å². The van der Waals surface area contributed by atoms with E-state index in [1.807, 2.05) is 6.20 Å². The van der Waals surface area contributed by atoms with Crippen LogP contribution in [-0.2, 0) is 6.54 Å². The summed E-state index contributed by atoms with van der Waals surface area (Å²) >= 11 is 3.95. The Labute approximate surface area is 131 Å². The summed E-state index contributed by atoms with van der Waals surface area (Å²) in [5.41, 5.74) is 7.13. The number of nitrogen functional groups attached to an aromatic ring is 1. The smallest absolute Gasteiger partial charge is 0.180 e. The standard InChI is InChI=1S/C14H16IN3S/c15-11-5-3-10(4-6-11)13-2-1-7-18(13)9-12-8-17-14(16)19-12/h3-6,8,13H,1-2,7,9H2,(H2,16,17). The van der Waals surface area contributed by atoms with E-state index in [1.165, 1.54) is 26.9 Å². The summed E-state index contributed by atoms with van der Waals surface area (Å²) in [6, 6.07) is 9.44. The van der Waals surface area contributed by atoms with Crippen LogP contribution in [0.25, 0.3) is 0 Å². The molecule has 1 saturated heterocycles. The van der Waals surface area contributed by atoms with Gasteiger partial charge in [0, 0.05) is 27.2 Å². The molecule has 0 amide bonds. The van der Waals surface area contributed by atoms with Gasteiger partial charge in [0.1, 0.15) is 0 Å². The van der Waals surface area contributed by atoms with Crippen molar-refractivity contribution in [3.63, 3.8) is 0 Å². The van der Waals surface area contributed by atoms with Gasteiger partial charge in [-0.1, -0.05) is 12.1 Å². The molecule has 1 aliphatic heterocycles. The van der Waals surface area contributed by atoms with Gasteiger partial charge >= 0.3 is 0 Å². The molecule has 1 aromatic carbocycles. The van der Waals surface area contributed by atoms with Gasteiger partial charge in [-0.25, -0.2) is 4.98 Å². The number of aromatic nitrogens is 1. The van der Waals surface area contributed by atoms with E-state index in [1.54, 1.807) is 11.3 Å². The minimum absolute atomic E-state index is 0.542. The van der Waals surface area contributed by atoms with Crippen molar-refractivity contribution in [2.45, 2.75) is 25.4 Å². The van der Waals surface area contributed by atoms with E-state index >= 15 is 0 Å². The third-order valence-corrected chi connectivity index (χ3v) is 5.08. The Bertz CT molecular complexity index is 552. The van der Waals surface area contributed by atoms with E-state index in [0.717, 1.165) is 13.1 Å². The highest BCUT2D eigenvalue weighted by atomic mass is 127. The highest BCUT2D eigenvalue weighted by molar-refractivity contribution is 14.1. The Morgan fingerprint density at radius 3 is 2.84 bits per heavy atom. The van der Waals surface area contributed by atoms with Crippen molar-refractivity contribution < 1.29 is 0 Å². The molecule has 19 heavy (non-hydrogen) atoms. The summed E-state index contributed by atoms with van der Waals surface area (Å²) < 4.78 is 1.29. The maximum Gasteiger partial charge on any atom is 0.180 e. The van der Waals surface area contributed by atoms with Gasteiger partial charge in [-0.3, -0.25) is 4.90 Å². The van der Waals surface area contributed by atoms with Crippen LogP contribution in [-0.4, -0.2) is 16.4 Å². The molecule has 3 rings (SSSR count). The van der Waals surface area contributed by atoms with Crippen molar-refractivity contribution in [3.05, 3.63) is 44.5 Å². The van der Waals surface area contributed by atoms with Gasteiger partial charge in [-0.05, 0) is 59.7 Å². The molecule has 0 bridgehead atoms. The van der Waals surface area contributed by atoms with Gasteiger partial charge in [0.2, 0.25) is 0 Å². The summed E-state index contributed by atoms with van der Waals surface area (Å²) in [5.74, 6) is 0. The number of likely N-dealkylation sites (tertiary alicyclic amines) is 1. The molecule has 1 fully saturated rings. The SMILES string of the molecule is Nc1ncc(CN2CCCC2c2ccc(I)cc2)s1. The predicted octanol–water partition coefficient (Wildman–Crippen LogP) is 3.67. The van der Waals surface area contributed by atoms with Crippen molar-refractivity contribution in [3.8, 4) is 0 Å². The van der Waals surface area contributed by atoms with Crippen LogP contribution in [0.3, 0.4) is 0 Å². The van der Waals surface area contributed by atoms with Crippen LogP contribution in [0.2, 0.25) is 0 Å². The van der Waals surface area contributed by atoms with E-state index in [2.05, 4.69) is 56.7 Å². The molecule has 0 radical (unpaired) electrons. The fourth-order valence-electron chi connectivity index (χ4n) is 2.67. The molecule has 0 spiro atoms. The molecule has 0 saturated carbocycles. The maximum atomic E-state index is 5.70. The zero-order valence-electron chi connectivity index (χ0n) is 10.6. The Balaban J connectivity index is 1.76. The second-order valence-electron chi connectivity index (χ2n) is 4.84. The van der Waals surface area contributed by atoms with Gasteiger partial charge in [0.25, 0.3) is 0 Å². The third-order valence-electron chi connectivity index (χ3n) is 3.55. The molecule has 2 heterocycles. The number of benzene rings is 1. The number of nitrogens with two attached hydrogens (primary N) is 1. The van der Waals surface area contributed by atoms with Crippen LogP contribution in [0.15, 0.2) is 30.5 Å². The Kier molecular flexibility index (Phi) is 4.04. The highest BCUT2D eigenvalue weighted by Gasteiger charge is 2.26. The number of anilines is 1. The minimum Gasteiger partial charge on any atom is -0.375 e. The molecule has 3 nitrogen and oxygen atoms in total. The molecular weight excluding hydrogens is 369 g/mol. The molecule has 1 aromatic heterocycles. The minimum atomic E-state index is 0.542. The number of hydrogen-bond acceptors (Lipinski definition) is 4. The predicted molar refractivity (Wildman–Crippen MR) is 88.1 cm³/mol. The lowest BCUT2D eigenvalue weighted by atomic mass is 10.0. The molecule has 1 aliphatic rings. The van der Waals surface area contributed by atoms with E-state index in [0.29, 0.717) is 11.2 Å². The maximum absolute atomic E-state index is 5.70. The summed E-state index contributed by atoms with van der Waals surface area (Å²) in [4.78, 5) is 7.93. The molecule has 0 aliphatic carbocycles. The topological polar surface area (TPSA) is 42.1 Å². The lowest BCUT2D eigenvalue weighted by Gasteiger charge is -2.24. The first-order valence-electron chi connectivity index (χ1n) is 6.42. The van der Waals surface area contributed by atoms with Gasteiger partial charge in [0.05, 0.1) is 0 Å². The number of thiazole rings is 1. The largest absolute Gasteiger partial charge is 0.375 e. The average molecular weight is 385 g/mol. The zero-order valence-corrected chi connectivity index (χ0v) is 13.5. The van der Waals surface area contributed by atoms with Crippen LogP contribution in [0, 0.1) is 3.57 Å². The Hall–Kier alpha value is -0.660. The first-order chi connectivity index (χ1) is 9.22. The molecule has 2 N–H and O–H groups in total. The molecule has 100 valence electrons. The molecule has 5 heteroatoms. The second-order valence-corrected chi connectivity index (χ2v) is 7.24. The fourth-order valence-corrected chi connectivity index (χ4v) is 3.74. The third kappa shape index (κ3) is 3.09. The summed E-state index contributed by atoms with van der Waals surface area (Å²) in [6.07, 6.45) is 4.42. The van der Waals surface area contributed by atoms with Crippen molar-refractivity contribution in [2.24, 2.45) is 0 Å². The second kappa shape index (κ2) is 5.76. The lowest BCUT2D eigenvalue weighted by Crippen LogP contribution is -2.22. The van der Waals surface area contributed by atoms with Crippen LogP contribution in [0.5, 0.6) is 0 Å². The van der Waals surface area contributed by atoms with Crippen LogP contribution in [0.1, 0.15) is 29.3 Å².